The number of nitrogens with zero attached hydrogens (tertiary/aromatic N) is 1. The van der Waals surface area contributed by atoms with Gasteiger partial charge in [0.25, 0.3) is 11.6 Å². The van der Waals surface area contributed by atoms with Gasteiger partial charge in [-0.15, -0.1) is 12.6 Å². The Kier molecular flexibility index (Phi) is 2.61. The Hall–Kier alpha value is -1.76. The van der Waals surface area contributed by atoms with Crippen LogP contribution in [-0.4, -0.2) is 10.8 Å². The topological polar surface area (TPSA) is 112 Å². The van der Waals surface area contributed by atoms with Crippen molar-refractivity contribution in [3.05, 3.63) is 27.8 Å². The number of amides is 1. The zero-order valence-electron chi connectivity index (χ0n) is 6.93. The fourth-order valence-corrected chi connectivity index (χ4v) is 1.32. The first-order chi connectivity index (χ1) is 6.45. The molecule has 0 radical (unpaired) electrons. The summed E-state index contributed by atoms with van der Waals surface area (Å²) >= 11 is 3.92. The first kappa shape index (κ1) is 10.3. The lowest BCUT2D eigenvalue weighted by Crippen LogP contribution is -2.15. The van der Waals surface area contributed by atoms with Gasteiger partial charge in [0.2, 0.25) is 0 Å². The van der Waals surface area contributed by atoms with Crippen LogP contribution >= 0.6 is 12.6 Å². The van der Waals surface area contributed by atoms with E-state index in [-0.39, 0.29) is 21.8 Å². The van der Waals surface area contributed by atoms with Crippen molar-refractivity contribution in [2.24, 2.45) is 5.73 Å². The predicted octanol–water partition coefficient (Wildman–Crippen LogP) is 0.565. The highest BCUT2D eigenvalue weighted by molar-refractivity contribution is 7.80. The summed E-state index contributed by atoms with van der Waals surface area (Å²) in [4.78, 5) is 20.9. The van der Waals surface area contributed by atoms with Crippen LogP contribution in [-0.2, 0) is 0 Å². The van der Waals surface area contributed by atoms with Crippen molar-refractivity contribution in [2.75, 3.05) is 5.73 Å². The number of rotatable bonds is 2. The van der Waals surface area contributed by atoms with Crippen LogP contribution in [0.2, 0.25) is 0 Å². The van der Waals surface area contributed by atoms with E-state index in [4.69, 9.17) is 11.5 Å². The molecular formula is C7H7N3O3S. The summed E-state index contributed by atoms with van der Waals surface area (Å²) in [7, 11) is 0. The molecular weight excluding hydrogens is 206 g/mol. The summed E-state index contributed by atoms with van der Waals surface area (Å²) in [5.74, 6) is -0.837. The zero-order valence-corrected chi connectivity index (χ0v) is 7.82. The molecule has 0 heterocycles. The van der Waals surface area contributed by atoms with Gasteiger partial charge in [-0.25, -0.2) is 0 Å². The minimum Gasteiger partial charge on any atom is -0.392 e. The first-order valence-electron chi connectivity index (χ1n) is 3.50. The first-order valence-corrected chi connectivity index (χ1v) is 3.95. The Labute approximate surface area is 84.4 Å². The smallest absolute Gasteiger partial charge is 0.293 e. The number of nitro groups is 1. The molecule has 0 aliphatic rings. The second-order valence-electron chi connectivity index (χ2n) is 2.51. The summed E-state index contributed by atoms with van der Waals surface area (Å²) in [6.07, 6.45) is 0. The standard InChI is InChI=1S/C7H7N3O3S/c8-6-3(10(12)13)1-2-4(14)5(6)7(9)11/h1-2,14H,8H2,(H2,9,11). The molecule has 1 rings (SSSR count). The molecule has 1 amide bonds. The van der Waals surface area contributed by atoms with E-state index in [1.165, 1.54) is 12.1 Å². The second kappa shape index (κ2) is 3.54. The van der Waals surface area contributed by atoms with Gasteiger partial charge in [0.15, 0.2) is 0 Å². The van der Waals surface area contributed by atoms with Crippen molar-refractivity contribution in [3.63, 3.8) is 0 Å². The molecule has 4 N–H and O–H groups in total. The molecule has 0 unspecified atom stereocenters. The van der Waals surface area contributed by atoms with Gasteiger partial charge in [-0.2, -0.15) is 0 Å². The molecule has 14 heavy (non-hydrogen) atoms. The second-order valence-corrected chi connectivity index (χ2v) is 3.00. The Bertz CT molecular complexity index is 419. The average Bonchev–Trinajstić information content (AvgIpc) is 2.02. The summed E-state index contributed by atoms with van der Waals surface area (Å²) < 4.78 is 0. The maximum Gasteiger partial charge on any atom is 0.293 e. The number of thiol groups is 1. The normalized spacial score (nSPS) is 9.79. The number of carbonyl (C=O) groups excluding carboxylic acids is 1. The largest absolute Gasteiger partial charge is 0.392 e. The highest BCUT2D eigenvalue weighted by atomic mass is 32.1. The molecule has 1 aromatic rings. The van der Waals surface area contributed by atoms with E-state index in [0.29, 0.717) is 0 Å². The van der Waals surface area contributed by atoms with E-state index in [1.54, 1.807) is 0 Å². The number of nitro benzene ring substituents is 1. The molecule has 7 heteroatoms. The number of hydrogen-bond acceptors (Lipinski definition) is 5. The molecule has 1 aromatic carbocycles. The molecule has 0 aliphatic heterocycles. The number of carbonyl (C=O) groups is 1. The Morgan fingerprint density at radius 3 is 2.50 bits per heavy atom. The fraction of sp³-hybridized carbons (Fsp3) is 0. The number of primary amides is 1. The van der Waals surface area contributed by atoms with Gasteiger partial charge in [-0.05, 0) is 6.07 Å². The highest BCUT2D eigenvalue weighted by Crippen LogP contribution is 2.29. The number of hydrogen-bond donors (Lipinski definition) is 3. The third-order valence-corrected chi connectivity index (χ3v) is 2.02. The van der Waals surface area contributed by atoms with Crippen molar-refractivity contribution in [1.82, 2.24) is 0 Å². The van der Waals surface area contributed by atoms with E-state index in [1.807, 2.05) is 0 Å². The molecule has 0 aliphatic carbocycles. The monoisotopic (exact) mass is 213 g/mol. The van der Waals surface area contributed by atoms with Crippen LogP contribution in [0.4, 0.5) is 11.4 Å². The van der Waals surface area contributed by atoms with Crippen LogP contribution in [0.3, 0.4) is 0 Å². The van der Waals surface area contributed by atoms with Crippen molar-refractivity contribution in [1.29, 1.82) is 0 Å². The summed E-state index contributed by atoms with van der Waals surface area (Å²) in [5.41, 5.74) is 9.66. The van der Waals surface area contributed by atoms with E-state index >= 15 is 0 Å². The van der Waals surface area contributed by atoms with Crippen LogP contribution in [0.25, 0.3) is 0 Å². The third kappa shape index (κ3) is 1.62. The van der Waals surface area contributed by atoms with Gasteiger partial charge >= 0.3 is 0 Å². The quantitative estimate of drug-likeness (QED) is 0.288. The lowest BCUT2D eigenvalue weighted by atomic mass is 10.1. The summed E-state index contributed by atoms with van der Waals surface area (Å²) in [5, 5.41) is 10.5. The SMILES string of the molecule is NC(=O)c1c(S)ccc([N+](=O)[O-])c1N. The lowest BCUT2D eigenvalue weighted by molar-refractivity contribution is -0.384. The van der Waals surface area contributed by atoms with Crippen LogP contribution in [0, 0.1) is 10.1 Å². The van der Waals surface area contributed by atoms with E-state index in [9.17, 15) is 14.9 Å². The number of anilines is 1. The minimum absolute atomic E-state index is 0.123. The zero-order chi connectivity index (χ0) is 10.9. The van der Waals surface area contributed by atoms with Gasteiger partial charge in [0.1, 0.15) is 5.69 Å². The molecule has 0 aromatic heterocycles. The van der Waals surface area contributed by atoms with Gasteiger partial charge in [-0.1, -0.05) is 0 Å². The highest BCUT2D eigenvalue weighted by Gasteiger charge is 2.20. The van der Waals surface area contributed by atoms with E-state index in [2.05, 4.69) is 12.6 Å². The molecule has 0 saturated carbocycles. The van der Waals surface area contributed by atoms with Crippen LogP contribution < -0.4 is 11.5 Å². The molecule has 0 spiro atoms. The number of nitrogen functional groups attached to an aromatic ring is 1. The molecule has 0 saturated heterocycles. The van der Waals surface area contributed by atoms with Crippen molar-refractivity contribution in [3.8, 4) is 0 Å². The van der Waals surface area contributed by atoms with Crippen molar-refractivity contribution >= 4 is 29.9 Å². The number of benzene rings is 1. The van der Waals surface area contributed by atoms with Gasteiger partial charge < -0.3 is 11.5 Å². The fourth-order valence-electron chi connectivity index (χ4n) is 1.02. The molecule has 0 bridgehead atoms. The molecule has 6 nitrogen and oxygen atoms in total. The van der Waals surface area contributed by atoms with E-state index in [0.717, 1.165) is 0 Å². The van der Waals surface area contributed by atoms with E-state index < -0.39 is 10.8 Å². The van der Waals surface area contributed by atoms with Crippen LogP contribution in [0.15, 0.2) is 17.0 Å². The summed E-state index contributed by atoms with van der Waals surface area (Å²) in [6.45, 7) is 0. The summed E-state index contributed by atoms with van der Waals surface area (Å²) in [6, 6.07) is 2.47. The molecule has 74 valence electrons. The minimum atomic E-state index is -0.837. The lowest BCUT2D eigenvalue weighted by Gasteiger charge is -2.04. The third-order valence-electron chi connectivity index (χ3n) is 1.64. The molecule has 0 fully saturated rings. The predicted molar refractivity (Wildman–Crippen MR) is 53.3 cm³/mol. The molecule has 0 atom stereocenters. The maximum absolute atomic E-state index is 10.9. The van der Waals surface area contributed by atoms with Gasteiger partial charge in [0, 0.05) is 11.0 Å². The van der Waals surface area contributed by atoms with Crippen LogP contribution in [0.5, 0.6) is 0 Å². The number of nitrogens with two attached hydrogens (primary N) is 2. The van der Waals surface area contributed by atoms with Crippen molar-refractivity contribution in [2.45, 2.75) is 4.90 Å². The Morgan fingerprint density at radius 1 is 1.50 bits per heavy atom. The maximum atomic E-state index is 10.9. The van der Waals surface area contributed by atoms with Crippen LogP contribution in [0.1, 0.15) is 10.4 Å². The van der Waals surface area contributed by atoms with Crippen molar-refractivity contribution < 1.29 is 9.72 Å². The Balaban J connectivity index is 3.49. The Morgan fingerprint density at radius 2 is 2.07 bits per heavy atom. The average molecular weight is 213 g/mol. The van der Waals surface area contributed by atoms with Gasteiger partial charge in [0.05, 0.1) is 10.5 Å². The van der Waals surface area contributed by atoms with Gasteiger partial charge in [-0.3, -0.25) is 14.9 Å².